The maximum Gasteiger partial charge on any atom is 0.416 e. The van der Waals surface area contributed by atoms with E-state index in [1.807, 2.05) is 30.9 Å². The van der Waals surface area contributed by atoms with Crippen LogP contribution in [-0.4, -0.2) is 29.0 Å². The van der Waals surface area contributed by atoms with Gasteiger partial charge in [0.25, 0.3) is 5.91 Å². The molecule has 1 heterocycles. The highest BCUT2D eigenvalue weighted by atomic mass is 35.5. The SMILES string of the molecule is CCN(CC)c1nc(NCc2ccc(NC(=O)c3ccc(Cl)cc3)cc2)c2cc(C(F)(F)F)ccc2n1. The lowest BCUT2D eigenvalue weighted by Gasteiger charge is -2.21. The average Bonchev–Trinajstić information content (AvgIpc) is 2.88. The van der Waals surface area contributed by atoms with Crippen LogP contribution in [-0.2, 0) is 12.7 Å². The quantitative estimate of drug-likeness (QED) is 0.258. The van der Waals surface area contributed by atoms with Gasteiger partial charge in [-0.15, -0.1) is 0 Å². The summed E-state index contributed by atoms with van der Waals surface area (Å²) in [5.74, 6) is 0.498. The van der Waals surface area contributed by atoms with Crippen LogP contribution in [0.3, 0.4) is 0 Å². The number of carbonyl (C=O) groups excluding carboxylic acids is 1. The van der Waals surface area contributed by atoms with Gasteiger partial charge in [-0.2, -0.15) is 18.2 Å². The summed E-state index contributed by atoms with van der Waals surface area (Å²) in [6.45, 7) is 5.55. The Balaban J connectivity index is 1.55. The first-order valence-electron chi connectivity index (χ1n) is 11.7. The second-order valence-corrected chi connectivity index (χ2v) is 8.72. The van der Waals surface area contributed by atoms with Crippen LogP contribution in [0.15, 0.2) is 66.7 Å². The highest BCUT2D eigenvalue weighted by Crippen LogP contribution is 2.33. The van der Waals surface area contributed by atoms with Crippen molar-refractivity contribution < 1.29 is 18.0 Å². The van der Waals surface area contributed by atoms with E-state index in [0.717, 1.165) is 17.7 Å². The summed E-state index contributed by atoms with van der Waals surface area (Å²) >= 11 is 5.87. The van der Waals surface area contributed by atoms with E-state index in [4.69, 9.17) is 11.6 Å². The Hall–Kier alpha value is -3.85. The zero-order chi connectivity index (χ0) is 26.6. The van der Waals surface area contributed by atoms with Crippen LogP contribution in [0.5, 0.6) is 0 Å². The van der Waals surface area contributed by atoms with E-state index < -0.39 is 11.7 Å². The van der Waals surface area contributed by atoms with Crippen LogP contribution in [0.1, 0.15) is 35.3 Å². The molecule has 37 heavy (non-hydrogen) atoms. The van der Waals surface area contributed by atoms with Gasteiger partial charge < -0.3 is 15.5 Å². The van der Waals surface area contributed by atoms with E-state index in [0.29, 0.717) is 53.2 Å². The summed E-state index contributed by atoms with van der Waals surface area (Å²) in [7, 11) is 0. The van der Waals surface area contributed by atoms with Gasteiger partial charge in [-0.05, 0) is 74.0 Å². The molecule has 0 atom stereocenters. The van der Waals surface area contributed by atoms with E-state index in [-0.39, 0.29) is 11.3 Å². The number of benzene rings is 3. The van der Waals surface area contributed by atoms with Crippen molar-refractivity contribution in [2.75, 3.05) is 28.6 Å². The molecule has 0 aliphatic heterocycles. The number of rotatable bonds is 8. The Morgan fingerprint density at radius 3 is 2.24 bits per heavy atom. The molecule has 4 aromatic rings. The molecule has 192 valence electrons. The molecule has 0 aliphatic carbocycles. The van der Waals surface area contributed by atoms with Crippen LogP contribution in [0.4, 0.5) is 30.6 Å². The molecule has 0 spiro atoms. The largest absolute Gasteiger partial charge is 0.416 e. The summed E-state index contributed by atoms with van der Waals surface area (Å²) in [5.41, 5.74) is 1.60. The Morgan fingerprint density at radius 1 is 0.946 bits per heavy atom. The van der Waals surface area contributed by atoms with E-state index >= 15 is 0 Å². The molecule has 0 unspecified atom stereocenters. The first-order chi connectivity index (χ1) is 17.7. The standard InChI is InChI=1S/C27H25ClF3N5O/c1-3-36(4-2)26-34-23-14-9-19(27(29,30)31)15-22(23)24(35-26)32-16-17-5-12-21(13-6-17)33-25(37)18-7-10-20(28)11-8-18/h5-15H,3-4,16H2,1-2H3,(H,33,37)(H,32,34,35). The fourth-order valence-electron chi connectivity index (χ4n) is 3.77. The molecule has 1 aromatic heterocycles. The van der Waals surface area contributed by atoms with Gasteiger partial charge in [-0.25, -0.2) is 4.98 Å². The summed E-state index contributed by atoms with van der Waals surface area (Å²) in [6, 6.07) is 17.2. The van der Waals surface area contributed by atoms with Crippen LogP contribution in [0, 0.1) is 0 Å². The zero-order valence-corrected chi connectivity index (χ0v) is 21.0. The third-order valence-corrected chi connectivity index (χ3v) is 6.09. The van der Waals surface area contributed by atoms with Crippen molar-refractivity contribution in [3.05, 3.63) is 88.4 Å². The smallest absolute Gasteiger partial charge is 0.365 e. The highest BCUT2D eigenvalue weighted by Gasteiger charge is 2.31. The predicted octanol–water partition coefficient (Wildman–Crippen LogP) is 7.01. The summed E-state index contributed by atoms with van der Waals surface area (Å²) in [6.07, 6.45) is -4.48. The molecule has 1 amide bonds. The topological polar surface area (TPSA) is 70.2 Å². The number of hydrogen-bond donors (Lipinski definition) is 2. The molecule has 6 nitrogen and oxygen atoms in total. The maximum absolute atomic E-state index is 13.4. The van der Waals surface area contributed by atoms with Crippen molar-refractivity contribution >= 4 is 45.9 Å². The van der Waals surface area contributed by atoms with E-state index in [9.17, 15) is 18.0 Å². The lowest BCUT2D eigenvalue weighted by molar-refractivity contribution is -0.137. The van der Waals surface area contributed by atoms with Gasteiger partial charge in [-0.1, -0.05) is 23.7 Å². The Kier molecular flexibility index (Phi) is 7.83. The highest BCUT2D eigenvalue weighted by molar-refractivity contribution is 6.30. The third-order valence-electron chi connectivity index (χ3n) is 5.84. The molecule has 10 heteroatoms. The molecule has 0 bridgehead atoms. The van der Waals surface area contributed by atoms with Gasteiger partial charge in [0.2, 0.25) is 5.95 Å². The fraction of sp³-hybridized carbons (Fsp3) is 0.222. The molecule has 0 saturated carbocycles. The zero-order valence-electron chi connectivity index (χ0n) is 20.2. The summed E-state index contributed by atoms with van der Waals surface area (Å²) < 4.78 is 40.1. The van der Waals surface area contributed by atoms with Crippen molar-refractivity contribution in [1.29, 1.82) is 0 Å². The van der Waals surface area contributed by atoms with Gasteiger partial charge in [-0.3, -0.25) is 4.79 Å². The third kappa shape index (κ3) is 6.29. The molecular weight excluding hydrogens is 503 g/mol. The normalized spacial score (nSPS) is 11.4. The number of amides is 1. The van der Waals surface area contributed by atoms with Crippen molar-refractivity contribution in [2.45, 2.75) is 26.6 Å². The number of halogens is 4. The Morgan fingerprint density at radius 2 is 1.62 bits per heavy atom. The van der Waals surface area contributed by atoms with Crippen molar-refractivity contribution in [3.8, 4) is 0 Å². The minimum atomic E-state index is -4.48. The van der Waals surface area contributed by atoms with Gasteiger partial charge in [0.05, 0.1) is 11.1 Å². The van der Waals surface area contributed by atoms with Crippen LogP contribution in [0.25, 0.3) is 10.9 Å². The van der Waals surface area contributed by atoms with Gasteiger partial charge in [0, 0.05) is 41.3 Å². The second-order valence-electron chi connectivity index (χ2n) is 8.29. The lowest BCUT2D eigenvalue weighted by atomic mass is 10.1. The van der Waals surface area contributed by atoms with Crippen molar-refractivity contribution in [3.63, 3.8) is 0 Å². The fourth-order valence-corrected chi connectivity index (χ4v) is 3.90. The molecule has 3 aromatic carbocycles. The minimum Gasteiger partial charge on any atom is -0.365 e. The number of alkyl halides is 3. The first-order valence-corrected chi connectivity index (χ1v) is 12.1. The summed E-state index contributed by atoms with van der Waals surface area (Å²) in [5, 5.41) is 6.83. The van der Waals surface area contributed by atoms with Gasteiger partial charge >= 0.3 is 6.18 Å². The second kappa shape index (κ2) is 11.0. The molecular formula is C27H25ClF3N5O. The first kappa shape index (κ1) is 26.2. The van der Waals surface area contributed by atoms with E-state index in [1.165, 1.54) is 6.07 Å². The lowest BCUT2D eigenvalue weighted by Crippen LogP contribution is -2.24. The number of nitrogens with zero attached hydrogens (tertiary/aromatic N) is 3. The predicted molar refractivity (Wildman–Crippen MR) is 141 cm³/mol. The Labute approximate surface area is 217 Å². The monoisotopic (exact) mass is 527 g/mol. The number of anilines is 3. The van der Waals surface area contributed by atoms with Gasteiger partial charge in [0.15, 0.2) is 0 Å². The van der Waals surface area contributed by atoms with Gasteiger partial charge in [0.1, 0.15) is 5.82 Å². The van der Waals surface area contributed by atoms with E-state index in [2.05, 4.69) is 20.6 Å². The molecule has 0 aliphatic rings. The van der Waals surface area contributed by atoms with Crippen molar-refractivity contribution in [2.24, 2.45) is 0 Å². The molecule has 2 N–H and O–H groups in total. The van der Waals surface area contributed by atoms with Crippen LogP contribution >= 0.6 is 11.6 Å². The van der Waals surface area contributed by atoms with Crippen LogP contribution < -0.4 is 15.5 Å². The molecule has 0 saturated heterocycles. The number of hydrogen-bond acceptors (Lipinski definition) is 5. The van der Waals surface area contributed by atoms with Crippen LogP contribution in [0.2, 0.25) is 5.02 Å². The summed E-state index contributed by atoms with van der Waals surface area (Å²) in [4.78, 5) is 23.4. The number of carbonyl (C=O) groups is 1. The van der Waals surface area contributed by atoms with Crippen molar-refractivity contribution in [1.82, 2.24) is 9.97 Å². The number of nitrogens with one attached hydrogen (secondary N) is 2. The maximum atomic E-state index is 13.4. The number of aromatic nitrogens is 2. The molecule has 0 radical (unpaired) electrons. The number of fused-ring (bicyclic) bond motifs is 1. The van der Waals surface area contributed by atoms with E-state index in [1.54, 1.807) is 36.4 Å². The molecule has 4 rings (SSSR count). The minimum absolute atomic E-state index is 0.264. The average molecular weight is 528 g/mol. The Bertz CT molecular complexity index is 1390. The molecule has 0 fully saturated rings.